The van der Waals surface area contributed by atoms with Crippen molar-refractivity contribution in [1.82, 2.24) is 9.97 Å². The first-order valence-corrected chi connectivity index (χ1v) is 4.71. The molecule has 0 aliphatic heterocycles. The van der Waals surface area contributed by atoms with E-state index in [-0.39, 0.29) is 16.6 Å². The molecule has 6 nitrogen and oxygen atoms in total. The number of aromatic hydroxyl groups is 1. The van der Waals surface area contributed by atoms with Crippen LogP contribution in [0.2, 0.25) is 0 Å². The molecule has 0 saturated heterocycles. The van der Waals surface area contributed by atoms with E-state index in [0.717, 1.165) is 11.3 Å². The van der Waals surface area contributed by atoms with Crippen molar-refractivity contribution in [2.75, 3.05) is 7.11 Å². The number of aromatic nitrogens is 2. The fraction of sp³-hybridized carbons (Fsp3) is 0.125. The number of hydrogen-bond donors (Lipinski definition) is 2. The Morgan fingerprint density at radius 2 is 2.33 bits per heavy atom. The van der Waals surface area contributed by atoms with Crippen LogP contribution in [0.4, 0.5) is 0 Å². The van der Waals surface area contributed by atoms with Gasteiger partial charge in [-0.1, -0.05) is 0 Å². The Kier molecular flexibility index (Phi) is 2.16. The van der Waals surface area contributed by atoms with Crippen LogP contribution in [0, 0.1) is 0 Å². The summed E-state index contributed by atoms with van der Waals surface area (Å²) in [6.45, 7) is 0. The molecular weight excluding hydrogens is 220 g/mol. The van der Waals surface area contributed by atoms with Crippen LogP contribution in [-0.2, 0) is 0 Å². The van der Waals surface area contributed by atoms with Crippen molar-refractivity contribution in [2.24, 2.45) is 0 Å². The molecule has 0 unspecified atom stereocenters. The van der Waals surface area contributed by atoms with Crippen LogP contribution < -0.4 is 4.74 Å². The van der Waals surface area contributed by atoms with Gasteiger partial charge < -0.3 is 14.9 Å². The third kappa shape index (κ3) is 1.46. The number of carboxylic acid groups (broad SMARTS) is 1. The number of ether oxygens (including phenoxy) is 1. The summed E-state index contributed by atoms with van der Waals surface area (Å²) in [7, 11) is 1.41. The van der Waals surface area contributed by atoms with Gasteiger partial charge in [-0.05, 0) is 0 Å². The van der Waals surface area contributed by atoms with E-state index >= 15 is 0 Å². The summed E-state index contributed by atoms with van der Waals surface area (Å²) < 4.78 is 4.79. The summed E-state index contributed by atoms with van der Waals surface area (Å²) in [5.74, 6) is -1.49. The zero-order valence-corrected chi connectivity index (χ0v) is 8.41. The Hall–Kier alpha value is -1.89. The number of carbonyl (C=O) groups is 1. The molecule has 0 bridgehead atoms. The second-order valence-electron chi connectivity index (χ2n) is 2.66. The lowest BCUT2D eigenvalue weighted by Crippen LogP contribution is -1.91. The molecule has 0 aliphatic carbocycles. The van der Waals surface area contributed by atoms with Gasteiger partial charge in [-0.25, -0.2) is 9.78 Å². The minimum atomic E-state index is -1.19. The molecule has 0 atom stereocenters. The highest BCUT2D eigenvalue weighted by molar-refractivity contribution is 7.20. The van der Waals surface area contributed by atoms with Crippen molar-refractivity contribution in [3.63, 3.8) is 0 Å². The van der Waals surface area contributed by atoms with Gasteiger partial charge in [-0.3, -0.25) is 0 Å². The van der Waals surface area contributed by atoms with E-state index in [4.69, 9.17) is 9.84 Å². The van der Waals surface area contributed by atoms with E-state index in [9.17, 15) is 9.90 Å². The average molecular weight is 226 g/mol. The molecule has 0 radical (unpaired) electrons. The van der Waals surface area contributed by atoms with E-state index in [2.05, 4.69) is 9.97 Å². The quantitative estimate of drug-likeness (QED) is 0.796. The predicted octanol–water partition coefficient (Wildman–Crippen LogP) is 1.10. The average Bonchev–Trinajstić information content (AvgIpc) is 2.55. The predicted molar refractivity (Wildman–Crippen MR) is 52.6 cm³/mol. The maximum absolute atomic E-state index is 10.7. The summed E-state index contributed by atoms with van der Waals surface area (Å²) in [5, 5.41) is 18.6. The van der Waals surface area contributed by atoms with E-state index in [0.29, 0.717) is 10.2 Å². The second kappa shape index (κ2) is 3.35. The van der Waals surface area contributed by atoms with Crippen LogP contribution in [0.15, 0.2) is 6.20 Å². The summed E-state index contributed by atoms with van der Waals surface area (Å²) in [6.07, 6.45) is 1.33. The molecular formula is C8H6N2O4S. The number of hydrogen-bond acceptors (Lipinski definition) is 6. The van der Waals surface area contributed by atoms with E-state index in [1.54, 1.807) is 0 Å². The third-order valence-electron chi connectivity index (χ3n) is 1.78. The lowest BCUT2D eigenvalue weighted by molar-refractivity contribution is 0.0699. The Balaban J connectivity index is 2.70. The van der Waals surface area contributed by atoms with Gasteiger partial charge >= 0.3 is 12.0 Å². The molecule has 0 fully saturated rings. The molecule has 0 spiro atoms. The van der Waals surface area contributed by atoms with Crippen molar-refractivity contribution < 1.29 is 19.7 Å². The third-order valence-corrected chi connectivity index (χ3v) is 2.85. The molecule has 2 N–H and O–H groups in total. The largest absolute Gasteiger partial charge is 0.505 e. The van der Waals surface area contributed by atoms with Crippen LogP contribution >= 0.6 is 11.3 Å². The maximum atomic E-state index is 10.7. The van der Waals surface area contributed by atoms with Gasteiger partial charge in [0.05, 0.1) is 12.5 Å². The number of rotatable bonds is 2. The molecule has 2 aromatic heterocycles. The maximum Gasteiger partial charge on any atom is 0.349 e. The molecule has 2 aromatic rings. The van der Waals surface area contributed by atoms with Crippen LogP contribution in [-0.4, -0.2) is 33.3 Å². The van der Waals surface area contributed by atoms with E-state index in [1.807, 2.05) is 0 Å². The minimum Gasteiger partial charge on any atom is -0.505 e. The molecule has 2 heterocycles. The minimum absolute atomic E-state index is 0.140. The first kappa shape index (κ1) is 9.66. The van der Waals surface area contributed by atoms with Crippen molar-refractivity contribution >= 4 is 27.5 Å². The fourth-order valence-electron chi connectivity index (χ4n) is 1.10. The first-order chi connectivity index (χ1) is 7.13. The van der Waals surface area contributed by atoms with Gasteiger partial charge in [0.1, 0.15) is 4.83 Å². The van der Waals surface area contributed by atoms with Gasteiger partial charge in [0.15, 0.2) is 10.6 Å². The summed E-state index contributed by atoms with van der Waals surface area (Å²) in [4.78, 5) is 18.7. The fourth-order valence-corrected chi connectivity index (χ4v) is 1.97. The SMILES string of the molecule is COc1ncc2c(O)c(C(=O)O)sc2n1. The molecule has 0 aromatic carbocycles. The Morgan fingerprint density at radius 3 is 2.93 bits per heavy atom. The molecule has 0 saturated carbocycles. The topological polar surface area (TPSA) is 92.5 Å². The Labute approximate surface area is 87.8 Å². The first-order valence-electron chi connectivity index (χ1n) is 3.89. The molecule has 15 heavy (non-hydrogen) atoms. The highest BCUT2D eigenvalue weighted by Gasteiger charge is 2.18. The van der Waals surface area contributed by atoms with Crippen LogP contribution in [0.25, 0.3) is 10.2 Å². The Morgan fingerprint density at radius 1 is 1.60 bits per heavy atom. The van der Waals surface area contributed by atoms with Crippen LogP contribution in [0.3, 0.4) is 0 Å². The number of carboxylic acids is 1. The second-order valence-corrected chi connectivity index (χ2v) is 3.66. The smallest absolute Gasteiger partial charge is 0.349 e. The summed E-state index contributed by atoms with van der Waals surface area (Å²) >= 11 is 0.881. The Bertz CT molecular complexity index is 537. The van der Waals surface area contributed by atoms with E-state index in [1.165, 1.54) is 13.3 Å². The lowest BCUT2D eigenvalue weighted by Gasteiger charge is -1.95. The molecule has 2 rings (SSSR count). The van der Waals surface area contributed by atoms with Crippen molar-refractivity contribution in [3.05, 3.63) is 11.1 Å². The van der Waals surface area contributed by atoms with Crippen molar-refractivity contribution in [3.8, 4) is 11.8 Å². The van der Waals surface area contributed by atoms with Gasteiger partial charge in [-0.2, -0.15) is 4.98 Å². The monoisotopic (exact) mass is 226 g/mol. The normalized spacial score (nSPS) is 10.5. The highest BCUT2D eigenvalue weighted by Crippen LogP contribution is 2.35. The molecule has 78 valence electrons. The standard InChI is InChI=1S/C8H6N2O4S/c1-14-8-9-2-3-4(11)5(7(12)13)15-6(3)10-8/h2,11H,1H3,(H,12,13). The number of thiophene rings is 1. The molecule has 0 amide bonds. The summed E-state index contributed by atoms with van der Waals surface area (Å²) in [5.41, 5.74) is 0. The van der Waals surface area contributed by atoms with Gasteiger partial charge in [0, 0.05) is 6.20 Å². The number of nitrogens with zero attached hydrogens (tertiary/aromatic N) is 2. The van der Waals surface area contributed by atoms with Gasteiger partial charge in [0.2, 0.25) is 0 Å². The van der Waals surface area contributed by atoms with Crippen LogP contribution in [0.1, 0.15) is 9.67 Å². The number of aromatic carboxylic acids is 1. The van der Waals surface area contributed by atoms with E-state index < -0.39 is 5.97 Å². The zero-order chi connectivity index (χ0) is 11.0. The lowest BCUT2D eigenvalue weighted by atomic mass is 10.3. The van der Waals surface area contributed by atoms with Crippen LogP contribution in [0.5, 0.6) is 11.8 Å². The molecule has 7 heteroatoms. The van der Waals surface area contributed by atoms with Gasteiger partial charge in [0.25, 0.3) is 0 Å². The van der Waals surface area contributed by atoms with Crippen molar-refractivity contribution in [1.29, 1.82) is 0 Å². The zero-order valence-electron chi connectivity index (χ0n) is 7.59. The number of fused-ring (bicyclic) bond motifs is 1. The molecule has 0 aliphatic rings. The van der Waals surface area contributed by atoms with Crippen molar-refractivity contribution in [2.45, 2.75) is 0 Å². The highest BCUT2D eigenvalue weighted by atomic mass is 32.1. The number of methoxy groups -OCH3 is 1. The van der Waals surface area contributed by atoms with Gasteiger partial charge in [-0.15, -0.1) is 11.3 Å². The summed E-state index contributed by atoms with van der Waals surface area (Å²) in [6, 6.07) is 0.140.